The van der Waals surface area contributed by atoms with Crippen LogP contribution in [0.3, 0.4) is 0 Å². The zero-order valence-corrected chi connectivity index (χ0v) is 16.1. The quantitative estimate of drug-likeness (QED) is 0.680. The van der Waals surface area contributed by atoms with Crippen LogP contribution in [0.5, 0.6) is 5.88 Å². The molecule has 134 valence electrons. The van der Waals surface area contributed by atoms with E-state index in [4.69, 9.17) is 9.47 Å². The number of halogens is 1. The Labute approximate surface area is 154 Å². The van der Waals surface area contributed by atoms with Gasteiger partial charge in [0, 0.05) is 23.3 Å². The maximum atomic E-state index is 12.5. The lowest BCUT2D eigenvalue weighted by molar-refractivity contribution is 0.0526. The highest BCUT2D eigenvalue weighted by Crippen LogP contribution is 2.24. The normalized spacial score (nSPS) is 11.2. The molecule has 0 amide bonds. The van der Waals surface area contributed by atoms with Crippen molar-refractivity contribution in [3.63, 3.8) is 0 Å². The summed E-state index contributed by atoms with van der Waals surface area (Å²) in [6.07, 6.45) is 1.53. The van der Waals surface area contributed by atoms with E-state index in [-0.39, 0.29) is 28.1 Å². The Morgan fingerprint density at radius 1 is 1.28 bits per heavy atom. The van der Waals surface area contributed by atoms with E-state index in [2.05, 4.69) is 25.6 Å². The van der Waals surface area contributed by atoms with Crippen molar-refractivity contribution in [1.29, 1.82) is 0 Å². The summed E-state index contributed by atoms with van der Waals surface area (Å²) < 4.78 is 37.6. The fourth-order valence-electron chi connectivity index (χ4n) is 1.99. The van der Waals surface area contributed by atoms with Crippen molar-refractivity contribution < 1.29 is 22.7 Å². The number of sulfonamides is 1. The molecular weight excluding hydrogens is 412 g/mol. The number of carbonyl (C=O) groups excluding carboxylic acids is 1. The van der Waals surface area contributed by atoms with Gasteiger partial charge in [0.1, 0.15) is 0 Å². The molecule has 2 rings (SSSR count). The molecule has 0 saturated heterocycles. The van der Waals surface area contributed by atoms with Gasteiger partial charge in [0.2, 0.25) is 15.9 Å². The van der Waals surface area contributed by atoms with Crippen molar-refractivity contribution in [2.24, 2.45) is 0 Å². The Morgan fingerprint density at radius 3 is 2.68 bits per heavy atom. The molecule has 7 nitrogen and oxygen atoms in total. The summed E-state index contributed by atoms with van der Waals surface area (Å²) in [7, 11) is -2.29. The smallest absolute Gasteiger partial charge is 0.338 e. The number of esters is 1. The van der Waals surface area contributed by atoms with E-state index >= 15 is 0 Å². The van der Waals surface area contributed by atoms with Gasteiger partial charge in [-0.15, -0.1) is 0 Å². The molecule has 2 aromatic rings. The predicted molar refractivity (Wildman–Crippen MR) is 94.9 cm³/mol. The predicted octanol–water partition coefficient (Wildman–Crippen LogP) is 2.51. The van der Waals surface area contributed by atoms with E-state index in [0.717, 1.165) is 0 Å². The van der Waals surface area contributed by atoms with Gasteiger partial charge in [0.05, 0.1) is 24.2 Å². The van der Waals surface area contributed by atoms with Crippen LogP contribution in [0.4, 0.5) is 0 Å². The van der Waals surface area contributed by atoms with Crippen LogP contribution in [0.2, 0.25) is 0 Å². The number of hydrogen-bond donors (Lipinski definition) is 1. The van der Waals surface area contributed by atoms with Crippen LogP contribution in [0.1, 0.15) is 22.8 Å². The average molecular weight is 429 g/mol. The van der Waals surface area contributed by atoms with Gasteiger partial charge in [-0.3, -0.25) is 0 Å². The van der Waals surface area contributed by atoms with E-state index in [0.29, 0.717) is 11.4 Å². The second kappa shape index (κ2) is 8.41. The minimum Gasteiger partial charge on any atom is -0.481 e. The highest BCUT2D eigenvalue weighted by molar-refractivity contribution is 9.10. The fraction of sp³-hybridized carbons (Fsp3) is 0.250. The molecule has 0 radical (unpaired) electrons. The Morgan fingerprint density at radius 2 is 2.04 bits per heavy atom. The van der Waals surface area contributed by atoms with E-state index in [1.54, 1.807) is 19.1 Å². The summed E-state index contributed by atoms with van der Waals surface area (Å²) in [5.74, 6) is -0.111. The summed E-state index contributed by atoms with van der Waals surface area (Å²) in [5.41, 5.74) is 0.973. The molecule has 1 aromatic carbocycles. The van der Waals surface area contributed by atoms with Crippen LogP contribution in [-0.2, 0) is 21.3 Å². The largest absolute Gasteiger partial charge is 0.481 e. The molecule has 0 fully saturated rings. The molecule has 9 heteroatoms. The third kappa shape index (κ3) is 5.00. The molecule has 0 aliphatic heterocycles. The van der Waals surface area contributed by atoms with Crippen molar-refractivity contribution in [1.82, 2.24) is 9.71 Å². The molecule has 1 heterocycles. The number of methoxy groups -OCH3 is 1. The summed E-state index contributed by atoms with van der Waals surface area (Å²) in [6, 6.07) is 7.51. The number of carbonyl (C=O) groups is 1. The molecule has 0 aliphatic carbocycles. The van der Waals surface area contributed by atoms with Gasteiger partial charge in [-0.25, -0.2) is 22.9 Å². The highest BCUT2D eigenvalue weighted by atomic mass is 79.9. The van der Waals surface area contributed by atoms with Gasteiger partial charge < -0.3 is 9.47 Å². The first kappa shape index (κ1) is 19.4. The Bertz CT molecular complexity index is 871. The molecule has 1 N–H and O–H groups in total. The molecule has 0 spiro atoms. The maximum Gasteiger partial charge on any atom is 0.338 e. The van der Waals surface area contributed by atoms with Crippen molar-refractivity contribution in [2.45, 2.75) is 18.4 Å². The number of hydrogen-bond acceptors (Lipinski definition) is 6. The second-order valence-electron chi connectivity index (χ2n) is 4.90. The SMILES string of the molecule is CCOC(=O)c1ccc(S(=O)(=O)NCc2ccnc(OC)c2)c(Br)c1. The van der Waals surface area contributed by atoms with Gasteiger partial charge in [-0.2, -0.15) is 0 Å². The lowest BCUT2D eigenvalue weighted by atomic mass is 10.2. The minimum atomic E-state index is -3.77. The minimum absolute atomic E-state index is 0.0292. The van der Waals surface area contributed by atoms with Crippen LogP contribution < -0.4 is 9.46 Å². The van der Waals surface area contributed by atoms with E-state index in [1.165, 1.54) is 31.5 Å². The number of rotatable bonds is 7. The Balaban J connectivity index is 2.17. The zero-order chi connectivity index (χ0) is 18.4. The lowest BCUT2D eigenvalue weighted by Gasteiger charge is -2.10. The first-order valence-electron chi connectivity index (χ1n) is 7.32. The van der Waals surface area contributed by atoms with Gasteiger partial charge in [-0.1, -0.05) is 0 Å². The van der Waals surface area contributed by atoms with Crippen LogP contribution in [0, 0.1) is 0 Å². The van der Waals surface area contributed by atoms with Gasteiger partial charge >= 0.3 is 5.97 Å². The summed E-state index contributed by atoms with van der Waals surface area (Å²) in [6.45, 7) is 2.02. The standard InChI is InChI=1S/C16H17BrN2O5S/c1-3-24-16(20)12-4-5-14(13(17)9-12)25(21,22)19-10-11-6-7-18-15(8-11)23-2/h4-9,19H,3,10H2,1-2H3. The number of ether oxygens (including phenoxy) is 2. The molecule has 0 bridgehead atoms. The van der Waals surface area contributed by atoms with Crippen molar-refractivity contribution >= 4 is 31.9 Å². The molecule has 0 unspecified atom stereocenters. The lowest BCUT2D eigenvalue weighted by Crippen LogP contribution is -2.23. The topological polar surface area (TPSA) is 94.6 Å². The first-order chi connectivity index (χ1) is 11.9. The number of nitrogens with zero attached hydrogens (tertiary/aromatic N) is 1. The first-order valence-corrected chi connectivity index (χ1v) is 9.60. The molecule has 0 atom stereocenters. The van der Waals surface area contributed by atoms with Gasteiger partial charge in [0.15, 0.2) is 0 Å². The highest BCUT2D eigenvalue weighted by Gasteiger charge is 2.19. The molecule has 1 aromatic heterocycles. The van der Waals surface area contributed by atoms with Crippen molar-refractivity contribution in [3.8, 4) is 5.88 Å². The van der Waals surface area contributed by atoms with Crippen molar-refractivity contribution in [2.75, 3.05) is 13.7 Å². The molecule has 0 aliphatic rings. The Hall–Kier alpha value is -1.97. The Kier molecular flexibility index (Phi) is 6.51. The third-order valence-electron chi connectivity index (χ3n) is 3.21. The van der Waals surface area contributed by atoms with E-state index in [1.807, 2.05) is 0 Å². The monoisotopic (exact) mass is 428 g/mol. The fourth-order valence-corrected chi connectivity index (χ4v) is 4.08. The van der Waals surface area contributed by atoms with E-state index < -0.39 is 16.0 Å². The summed E-state index contributed by atoms with van der Waals surface area (Å²) >= 11 is 3.19. The van der Waals surface area contributed by atoms with Crippen molar-refractivity contribution in [3.05, 3.63) is 52.1 Å². The number of aromatic nitrogens is 1. The molecular formula is C16H17BrN2O5S. The van der Waals surface area contributed by atoms with Gasteiger partial charge in [0.25, 0.3) is 0 Å². The van der Waals surface area contributed by atoms with Crippen LogP contribution in [-0.4, -0.2) is 33.1 Å². The number of pyridine rings is 1. The second-order valence-corrected chi connectivity index (χ2v) is 7.49. The number of benzene rings is 1. The molecule has 0 saturated carbocycles. The van der Waals surface area contributed by atoms with Gasteiger partial charge in [-0.05, 0) is 52.7 Å². The van der Waals surface area contributed by atoms with Crippen LogP contribution >= 0.6 is 15.9 Å². The summed E-state index contributed by atoms with van der Waals surface area (Å²) in [4.78, 5) is 15.7. The summed E-state index contributed by atoms with van der Waals surface area (Å²) in [5, 5.41) is 0. The maximum absolute atomic E-state index is 12.5. The van der Waals surface area contributed by atoms with Crippen LogP contribution in [0.15, 0.2) is 45.9 Å². The zero-order valence-electron chi connectivity index (χ0n) is 13.7. The molecule has 25 heavy (non-hydrogen) atoms. The van der Waals surface area contributed by atoms with Crippen LogP contribution in [0.25, 0.3) is 0 Å². The third-order valence-corrected chi connectivity index (χ3v) is 5.59. The average Bonchev–Trinajstić information content (AvgIpc) is 2.60. The number of nitrogens with one attached hydrogen (secondary N) is 1. The van der Waals surface area contributed by atoms with E-state index in [9.17, 15) is 13.2 Å².